The van der Waals surface area contributed by atoms with E-state index >= 15 is 0 Å². The summed E-state index contributed by atoms with van der Waals surface area (Å²) in [6.07, 6.45) is 0. The van der Waals surface area contributed by atoms with Crippen LogP contribution >= 0.6 is 11.3 Å². The summed E-state index contributed by atoms with van der Waals surface area (Å²) < 4.78 is 5.60. The molecule has 0 radical (unpaired) electrons. The quantitative estimate of drug-likeness (QED) is 0.501. The van der Waals surface area contributed by atoms with E-state index in [1.165, 1.54) is 11.3 Å². The number of anilines is 1. The maximum atomic E-state index is 12.6. The van der Waals surface area contributed by atoms with Crippen molar-refractivity contribution in [2.75, 3.05) is 5.32 Å². The van der Waals surface area contributed by atoms with Crippen LogP contribution in [0.25, 0.3) is 10.8 Å². The first-order chi connectivity index (χ1) is 14.1. The molecule has 29 heavy (non-hydrogen) atoms. The number of benzene rings is 2. The van der Waals surface area contributed by atoms with Gasteiger partial charge in [0.1, 0.15) is 4.88 Å². The molecule has 2 aromatic carbocycles. The van der Waals surface area contributed by atoms with E-state index in [9.17, 15) is 4.79 Å². The van der Waals surface area contributed by atoms with Gasteiger partial charge in [-0.15, -0.1) is 16.4 Å². The lowest BCUT2D eigenvalue weighted by Gasteiger charge is -2.19. The lowest BCUT2D eigenvalue weighted by molar-refractivity contribution is 0.249. The number of aryl methyl sites for hydroxylation is 2. The zero-order valence-electron chi connectivity index (χ0n) is 15.9. The minimum atomic E-state index is -0.435. The average Bonchev–Trinajstić information content (AvgIpc) is 3.33. The SMILES string of the molecule is Cc1nc(C)c(-c2nnc(NC(=O)NC(c3ccccc3)c3ccccc3)o2)s1. The highest BCUT2D eigenvalue weighted by atomic mass is 32.1. The van der Waals surface area contributed by atoms with E-state index in [0.717, 1.165) is 26.7 Å². The zero-order valence-corrected chi connectivity index (χ0v) is 16.7. The Kier molecular flexibility index (Phi) is 5.35. The molecular weight excluding hydrogens is 386 g/mol. The third-order valence-corrected chi connectivity index (χ3v) is 5.35. The summed E-state index contributed by atoms with van der Waals surface area (Å²) in [6, 6.07) is 18.8. The number of rotatable bonds is 5. The van der Waals surface area contributed by atoms with Crippen LogP contribution in [0.5, 0.6) is 0 Å². The highest BCUT2D eigenvalue weighted by molar-refractivity contribution is 7.15. The molecule has 4 aromatic rings. The molecule has 2 N–H and O–H groups in total. The van der Waals surface area contributed by atoms with Gasteiger partial charge in [-0.05, 0) is 25.0 Å². The van der Waals surface area contributed by atoms with Crippen molar-refractivity contribution in [3.63, 3.8) is 0 Å². The van der Waals surface area contributed by atoms with Gasteiger partial charge in [0.25, 0.3) is 5.89 Å². The number of carbonyl (C=O) groups excluding carboxylic acids is 1. The molecule has 0 saturated heterocycles. The first-order valence-corrected chi connectivity index (χ1v) is 9.87. The zero-order chi connectivity index (χ0) is 20.2. The largest absolute Gasteiger partial charge is 0.402 e. The number of thiazole rings is 1. The van der Waals surface area contributed by atoms with E-state index in [2.05, 4.69) is 25.8 Å². The van der Waals surface area contributed by atoms with Gasteiger partial charge in [0.2, 0.25) is 0 Å². The molecule has 0 aliphatic carbocycles. The van der Waals surface area contributed by atoms with Gasteiger partial charge in [-0.1, -0.05) is 65.8 Å². The number of carbonyl (C=O) groups is 1. The lowest BCUT2D eigenvalue weighted by Crippen LogP contribution is -2.33. The van der Waals surface area contributed by atoms with E-state index in [0.29, 0.717) is 5.89 Å². The van der Waals surface area contributed by atoms with Crippen molar-refractivity contribution in [2.45, 2.75) is 19.9 Å². The van der Waals surface area contributed by atoms with E-state index in [1.54, 1.807) is 0 Å². The van der Waals surface area contributed by atoms with Crippen molar-refractivity contribution in [2.24, 2.45) is 0 Å². The predicted octanol–water partition coefficient (Wildman–Crippen LogP) is 4.72. The van der Waals surface area contributed by atoms with Crippen LogP contribution in [0.1, 0.15) is 27.9 Å². The van der Waals surface area contributed by atoms with Crippen molar-refractivity contribution in [1.82, 2.24) is 20.5 Å². The van der Waals surface area contributed by atoms with E-state index < -0.39 is 6.03 Å². The Hall–Kier alpha value is -3.52. The second-order valence-corrected chi connectivity index (χ2v) is 7.62. The Bertz CT molecular complexity index is 1070. The van der Waals surface area contributed by atoms with E-state index in [1.807, 2.05) is 74.5 Å². The number of nitrogens with one attached hydrogen (secondary N) is 2. The van der Waals surface area contributed by atoms with E-state index in [4.69, 9.17) is 4.42 Å². The molecule has 2 aromatic heterocycles. The van der Waals surface area contributed by atoms with Crippen LogP contribution in [0.2, 0.25) is 0 Å². The average molecular weight is 405 g/mol. The second-order valence-electron chi connectivity index (χ2n) is 6.41. The van der Waals surface area contributed by atoms with Crippen molar-refractivity contribution in [3.8, 4) is 10.8 Å². The summed E-state index contributed by atoms with van der Waals surface area (Å²) in [7, 11) is 0. The summed E-state index contributed by atoms with van der Waals surface area (Å²) >= 11 is 1.47. The molecule has 8 heteroatoms. The molecule has 0 bridgehead atoms. The maximum Gasteiger partial charge on any atom is 0.324 e. The van der Waals surface area contributed by atoms with Crippen molar-refractivity contribution >= 4 is 23.4 Å². The highest BCUT2D eigenvalue weighted by Gasteiger charge is 2.19. The predicted molar refractivity (Wildman–Crippen MR) is 112 cm³/mol. The third kappa shape index (κ3) is 4.33. The summed E-state index contributed by atoms with van der Waals surface area (Å²) in [4.78, 5) is 17.8. The van der Waals surface area contributed by atoms with Crippen molar-refractivity contribution in [3.05, 3.63) is 82.5 Å². The van der Waals surface area contributed by atoms with E-state index in [-0.39, 0.29) is 12.1 Å². The minimum absolute atomic E-state index is 0.0304. The molecule has 0 spiro atoms. The van der Waals surface area contributed by atoms with Crippen LogP contribution < -0.4 is 10.6 Å². The molecule has 0 unspecified atom stereocenters. The topological polar surface area (TPSA) is 92.9 Å². The molecular formula is C21H19N5O2S. The highest BCUT2D eigenvalue weighted by Crippen LogP contribution is 2.29. The standard InChI is InChI=1S/C21H19N5O2S/c1-13-18(29-14(2)22-13)19-25-26-21(28-19)24-20(27)23-17(15-9-5-3-6-10-15)16-11-7-4-8-12-16/h3-12,17H,1-2H3,(H2,23,24,26,27). The molecule has 2 amide bonds. The first kappa shape index (κ1) is 18.8. The Morgan fingerprint density at radius 1 is 0.966 bits per heavy atom. The monoisotopic (exact) mass is 405 g/mol. The summed E-state index contributed by atoms with van der Waals surface area (Å²) in [5.74, 6) is 0.339. The number of amides is 2. The Morgan fingerprint density at radius 2 is 1.59 bits per heavy atom. The van der Waals surface area contributed by atoms with Gasteiger partial charge in [-0.25, -0.2) is 9.78 Å². The number of nitrogens with zero attached hydrogens (tertiary/aromatic N) is 3. The summed E-state index contributed by atoms with van der Waals surface area (Å²) in [6.45, 7) is 3.80. The van der Waals surface area contributed by atoms with Gasteiger partial charge >= 0.3 is 12.0 Å². The molecule has 4 rings (SSSR count). The molecule has 0 aliphatic rings. The molecule has 146 valence electrons. The lowest BCUT2D eigenvalue weighted by atomic mass is 9.99. The molecule has 0 fully saturated rings. The summed E-state index contributed by atoms with van der Waals surface area (Å²) in [5.41, 5.74) is 2.76. The Morgan fingerprint density at radius 3 is 2.14 bits per heavy atom. The van der Waals surface area contributed by atoms with Crippen LogP contribution in [0.3, 0.4) is 0 Å². The van der Waals surface area contributed by atoms with Crippen molar-refractivity contribution < 1.29 is 9.21 Å². The second kappa shape index (κ2) is 8.24. The normalized spacial score (nSPS) is 10.9. The van der Waals surface area contributed by atoms with Crippen LogP contribution in [-0.2, 0) is 0 Å². The smallest absolute Gasteiger partial charge is 0.324 e. The van der Waals surface area contributed by atoms with Gasteiger partial charge in [0, 0.05) is 0 Å². The number of hydrogen-bond donors (Lipinski definition) is 2. The van der Waals surface area contributed by atoms with Crippen LogP contribution in [0.4, 0.5) is 10.8 Å². The van der Waals surface area contributed by atoms with Gasteiger partial charge in [0.15, 0.2) is 0 Å². The number of hydrogen-bond acceptors (Lipinski definition) is 6. The molecule has 0 aliphatic heterocycles. The van der Waals surface area contributed by atoms with Crippen LogP contribution in [-0.4, -0.2) is 21.2 Å². The minimum Gasteiger partial charge on any atom is -0.402 e. The van der Waals surface area contributed by atoms with Crippen LogP contribution in [0, 0.1) is 13.8 Å². The third-order valence-electron chi connectivity index (χ3n) is 4.28. The molecule has 0 atom stereocenters. The Labute approximate surface area is 171 Å². The van der Waals surface area contributed by atoms with Gasteiger partial charge in [0.05, 0.1) is 16.7 Å². The first-order valence-electron chi connectivity index (χ1n) is 9.05. The van der Waals surface area contributed by atoms with Crippen LogP contribution in [0.15, 0.2) is 65.1 Å². The molecule has 2 heterocycles. The summed E-state index contributed by atoms with van der Waals surface area (Å²) in [5, 5.41) is 14.5. The maximum absolute atomic E-state index is 12.6. The van der Waals surface area contributed by atoms with Gasteiger partial charge in [-0.2, -0.15) is 0 Å². The van der Waals surface area contributed by atoms with Gasteiger partial charge in [-0.3, -0.25) is 5.32 Å². The van der Waals surface area contributed by atoms with Crippen molar-refractivity contribution in [1.29, 1.82) is 0 Å². The fraction of sp³-hybridized carbons (Fsp3) is 0.143. The molecule has 0 saturated carbocycles. The van der Waals surface area contributed by atoms with Gasteiger partial charge < -0.3 is 9.73 Å². The fourth-order valence-electron chi connectivity index (χ4n) is 3.01. The number of urea groups is 1. The Balaban J connectivity index is 1.51. The fourth-order valence-corrected chi connectivity index (χ4v) is 3.85. The molecule has 7 nitrogen and oxygen atoms in total. The number of aromatic nitrogens is 3.